The van der Waals surface area contributed by atoms with Gasteiger partial charge in [0.15, 0.2) is 0 Å². The molecule has 80 valence electrons. The molecule has 0 bridgehead atoms. The molecule has 1 aromatic rings. The highest BCUT2D eigenvalue weighted by atomic mass is 16.4. The van der Waals surface area contributed by atoms with Gasteiger partial charge in [0.05, 0.1) is 6.42 Å². The van der Waals surface area contributed by atoms with E-state index in [-0.39, 0.29) is 12.2 Å². The maximum absolute atomic E-state index is 10.7. The fourth-order valence-electron chi connectivity index (χ4n) is 2.24. The number of rotatable bonds is 2. The standard InChI is InChI=1S/C12H14O3/c13-11-6-5-8-3-1-2-4-9(8)10(11)7-12(14)15/h5-6,13H,1-4,7H2,(H,14,15). The Kier molecular flexibility index (Phi) is 2.62. The first-order valence-corrected chi connectivity index (χ1v) is 5.23. The Morgan fingerprint density at radius 2 is 2.00 bits per heavy atom. The van der Waals surface area contributed by atoms with E-state index in [0.29, 0.717) is 5.56 Å². The third-order valence-electron chi connectivity index (χ3n) is 2.95. The summed E-state index contributed by atoms with van der Waals surface area (Å²) in [5, 5.41) is 18.4. The van der Waals surface area contributed by atoms with Gasteiger partial charge in [0, 0.05) is 5.56 Å². The van der Waals surface area contributed by atoms with Crippen LogP contribution in [0.15, 0.2) is 12.1 Å². The molecule has 0 spiro atoms. The third kappa shape index (κ3) is 1.96. The van der Waals surface area contributed by atoms with Crippen LogP contribution >= 0.6 is 0 Å². The summed E-state index contributed by atoms with van der Waals surface area (Å²) in [6.45, 7) is 0. The van der Waals surface area contributed by atoms with Crippen LogP contribution in [0.5, 0.6) is 5.75 Å². The molecule has 0 saturated carbocycles. The van der Waals surface area contributed by atoms with E-state index in [1.54, 1.807) is 6.07 Å². The fraction of sp³-hybridized carbons (Fsp3) is 0.417. The molecule has 0 amide bonds. The van der Waals surface area contributed by atoms with Gasteiger partial charge in [-0.05, 0) is 42.9 Å². The SMILES string of the molecule is O=C(O)Cc1c(O)ccc2c1CCCC2. The van der Waals surface area contributed by atoms with Crippen LogP contribution in [0.3, 0.4) is 0 Å². The van der Waals surface area contributed by atoms with Crippen LogP contribution in [0.1, 0.15) is 29.5 Å². The smallest absolute Gasteiger partial charge is 0.307 e. The number of hydrogen-bond acceptors (Lipinski definition) is 2. The van der Waals surface area contributed by atoms with Crippen molar-refractivity contribution in [2.75, 3.05) is 0 Å². The van der Waals surface area contributed by atoms with Gasteiger partial charge in [0.1, 0.15) is 5.75 Å². The minimum Gasteiger partial charge on any atom is -0.508 e. The van der Waals surface area contributed by atoms with Crippen molar-refractivity contribution in [1.29, 1.82) is 0 Å². The molecule has 0 radical (unpaired) electrons. The first kappa shape index (κ1) is 10.0. The second kappa shape index (κ2) is 3.93. The number of phenolic OH excluding ortho intramolecular Hbond substituents is 1. The van der Waals surface area contributed by atoms with Gasteiger partial charge in [0.25, 0.3) is 0 Å². The zero-order valence-electron chi connectivity index (χ0n) is 8.49. The Bertz CT molecular complexity index is 396. The normalized spacial score (nSPS) is 14.7. The van der Waals surface area contributed by atoms with E-state index in [9.17, 15) is 9.90 Å². The molecule has 1 aliphatic carbocycles. The number of carboxylic acids is 1. The van der Waals surface area contributed by atoms with Gasteiger partial charge < -0.3 is 10.2 Å². The number of aryl methyl sites for hydroxylation is 1. The molecule has 3 heteroatoms. The van der Waals surface area contributed by atoms with Crippen LogP contribution in [0.25, 0.3) is 0 Å². The van der Waals surface area contributed by atoms with Crippen LogP contribution in [-0.4, -0.2) is 16.2 Å². The van der Waals surface area contributed by atoms with Crippen molar-refractivity contribution in [3.63, 3.8) is 0 Å². The maximum atomic E-state index is 10.7. The molecule has 0 fully saturated rings. The zero-order chi connectivity index (χ0) is 10.8. The Morgan fingerprint density at radius 1 is 1.27 bits per heavy atom. The third-order valence-corrected chi connectivity index (χ3v) is 2.95. The van der Waals surface area contributed by atoms with Crippen LogP contribution in [0.4, 0.5) is 0 Å². The summed E-state index contributed by atoms with van der Waals surface area (Å²) in [5.74, 6) is -0.762. The number of benzene rings is 1. The molecule has 15 heavy (non-hydrogen) atoms. The van der Waals surface area contributed by atoms with Gasteiger partial charge in [-0.2, -0.15) is 0 Å². The molecule has 0 saturated heterocycles. The number of carbonyl (C=O) groups is 1. The molecule has 2 rings (SSSR count). The second-order valence-electron chi connectivity index (χ2n) is 3.98. The summed E-state index contributed by atoms with van der Waals surface area (Å²) < 4.78 is 0. The lowest BCUT2D eigenvalue weighted by atomic mass is 9.87. The molecule has 0 atom stereocenters. The van der Waals surface area contributed by atoms with Crippen LogP contribution < -0.4 is 0 Å². The van der Waals surface area contributed by atoms with Crippen molar-refractivity contribution >= 4 is 5.97 Å². The molecular formula is C12H14O3. The quantitative estimate of drug-likeness (QED) is 0.777. The maximum Gasteiger partial charge on any atom is 0.307 e. The molecular weight excluding hydrogens is 192 g/mol. The summed E-state index contributed by atoms with van der Waals surface area (Å²) in [5.41, 5.74) is 2.87. The predicted octanol–water partition coefficient (Wildman–Crippen LogP) is 1.90. The molecule has 2 N–H and O–H groups in total. The van der Waals surface area contributed by atoms with E-state index in [0.717, 1.165) is 31.2 Å². The number of hydrogen-bond donors (Lipinski definition) is 2. The summed E-state index contributed by atoms with van der Waals surface area (Å²) in [6, 6.07) is 3.53. The molecule has 0 aliphatic heterocycles. The van der Waals surface area contributed by atoms with E-state index >= 15 is 0 Å². The van der Waals surface area contributed by atoms with Crippen molar-refractivity contribution in [2.45, 2.75) is 32.1 Å². The van der Waals surface area contributed by atoms with Crippen LogP contribution in [0, 0.1) is 0 Å². The molecule has 1 aromatic carbocycles. The van der Waals surface area contributed by atoms with Crippen LogP contribution in [-0.2, 0) is 24.1 Å². The Morgan fingerprint density at radius 3 is 2.73 bits per heavy atom. The number of fused-ring (bicyclic) bond motifs is 1. The van der Waals surface area contributed by atoms with Gasteiger partial charge in [-0.1, -0.05) is 6.07 Å². The molecule has 0 heterocycles. The van der Waals surface area contributed by atoms with Crippen molar-refractivity contribution in [3.05, 3.63) is 28.8 Å². The first-order valence-electron chi connectivity index (χ1n) is 5.23. The van der Waals surface area contributed by atoms with E-state index in [1.807, 2.05) is 6.07 Å². The number of aromatic hydroxyl groups is 1. The molecule has 0 aromatic heterocycles. The van der Waals surface area contributed by atoms with Gasteiger partial charge in [-0.3, -0.25) is 4.79 Å². The average molecular weight is 206 g/mol. The van der Waals surface area contributed by atoms with E-state index < -0.39 is 5.97 Å². The highest BCUT2D eigenvalue weighted by Gasteiger charge is 2.17. The van der Waals surface area contributed by atoms with E-state index in [1.165, 1.54) is 5.56 Å². The monoisotopic (exact) mass is 206 g/mol. The largest absolute Gasteiger partial charge is 0.508 e. The van der Waals surface area contributed by atoms with Crippen molar-refractivity contribution in [2.24, 2.45) is 0 Å². The Hall–Kier alpha value is -1.51. The topological polar surface area (TPSA) is 57.5 Å². The fourth-order valence-corrected chi connectivity index (χ4v) is 2.24. The Labute approximate surface area is 88.4 Å². The predicted molar refractivity (Wildman–Crippen MR) is 56.1 cm³/mol. The molecule has 3 nitrogen and oxygen atoms in total. The summed E-state index contributed by atoms with van der Waals surface area (Å²) >= 11 is 0. The summed E-state index contributed by atoms with van der Waals surface area (Å²) in [4.78, 5) is 10.7. The number of phenols is 1. The van der Waals surface area contributed by atoms with Gasteiger partial charge in [0.2, 0.25) is 0 Å². The lowest BCUT2D eigenvalue weighted by Gasteiger charge is -2.19. The average Bonchev–Trinajstić information content (AvgIpc) is 2.22. The van der Waals surface area contributed by atoms with E-state index in [2.05, 4.69) is 0 Å². The molecule has 0 unspecified atom stereocenters. The first-order chi connectivity index (χ1) is 7.18. The summed E-state index contributed by atoms with van der Waals surface area (Å²) in [7, 11) is 0. The van der Waals surface area contributed by atoms with Crippen molar-refractivity contribution in [1.82, 2.24) is 0 Å². The Balaban J connectivity index is 2.45. The van der Waals surface area contributed by atoms with Crippen molar-refractivity contribution in [3.8, 4) is 5.75 Å². The second-order valence-corrected chi connectivity index (χ2v) is 3.98. The number of aliphatic carboxylic acids is 1. The minimum absolute atomic E-state index is 0.0744. The lowest BCUT2D eigenvalue weighted by Crippen LogP contribution is -2.10. The van der Waals surface area contributed by atoms with Crippen molar-refractivity contribution < 1.29 is 15.0 Å². The van der Waals surface area contributed by atoms with Gasteiger partial charge in [-0.15, -0.1) is 0 Å². The summed E-state index contributed by atoms with van der Waals surface area (Å²) in [6.07, 6.45) is 4.07. The van der Waals surface area contributed by atoms with Crippen LogP contribution in [0.2, 0.25) is 0 Å². The highest BCUT2D eigenvalue weighted by molar-refractivity contribution is 5.72. The zero-order valence-corrected chi connectivity index (χ0v) is 8.49. The van der Waals surface area contributed by atoms with Gasteiger partial charge in [-0.25, -0.2) is 0 Å². The minimum atomic E-state index is -0.885. The van der Waals surface area contributed by atoms with E-state index in [4.69, 9.17) is 5.11 Å². The number of carboxylic acid groups (broad SMARTS) is 1. The highest BCUT2D eigenvalue weighted by Crippen LogP contribution is 2.30. The molecule has 1 aliphatic rings. The lowest BCUT2D eigenvalue weighted by molar-refractivity contribution is -0.136. The van der Waals surface area contributed by atoms with Gasteiger partial charge >= 0.3 is 5.97 Å².